The van der Waals surface area contributed by atoms with Gasteiger partial charge in [0.2, 0.25) is 0 Å². The lowest BCUT2D eigenvalue weighted by atomic mass is 9.89. The zero-order valence-electron chi connectivity index (χ0n) is 12.5. The maximum Gasteiger partial charge on any atom is 0.319 e. The van der Waals surface area contributed by atoms with E-state index in [4.69, 9.17) is 4.74 Å². The molecule has 2 amide bonds. The topological polar surface area (TPSA) is 50.4 Å². The van der Waals surface area contributed by atoms with E-state index in [1.807, 2.05) is 6.92 Å². The second-order valence-corrected chi connectivity index (χ2v) is 5.41. The summed E-state index contributed by atoms with van der Waals surface area (Å²) in [6, 6.07) is 3.83. The van der Waals surface area contributed by atoms with Crippen molar-refractivity contribution < 1.29 is 13.9 Å². The highest BCUT2D eigenvalue weighted by molar-refractivity contribution is 5.90. The summed E-state index contributed by atoms with van der Waals surface area (Å²) in [5.41, 5.74) is 0.486. The van der Waals surface area contributed by atoms with Gasteiger partial charge in [-0.25, -0.2) is 9.18 Å². The monoisotopic (exact) mass is 294 g/mol. The molecule has 1 aromatic rings. The van der Waals surface area contributed by atoms with Gasteiger partial charge >= 0.3 is 6.03 Å². The summed E-state index contributed by atoms with van der Waals surface area (Å²) in [6.45, 7) is 2.93. The lowest BCUT2D eigenvalue weighted by Crippen LogP contribution is -2.33. The standard InChI is InChI=1S/C16H23FN2O2/c1-2-21-15-10-13(17)8-9-14(15)19-16(20)18-11-12-6-4-3-5-7-12/h8-10,12H,2-7,11H2,1H3,(H2,18,19,20). The molecule has 1 fully saturated rings. The molecule has 0 aliphatic heterocycles. The second-order valence-electron chi connectivity index (χ2n) is 5.41. The Hall–Kier alpha value is -1.78. The van der Waals surface area contributed by atoms with Crippen LogP contribution in [0.15, 0.2) is 18.2 Å². The highest BCUT2D eigenvalue weighted by atomic mass is 19.1. The van der Waals surface area contributed by atoms with E-state index in [9.17, 15) is 9.18 Å². The van der Waals surface area contributed by atoms with Gasteiger partial charge in [-0.3, -0.25) is 0 Å². The normalized spacial score (nSPS) is 15.5. The average molecular weight is 294 g/mol. The van der Waals surface area contributed by atoms with Crippen molar-refractivity contribution in [2.75, 3.05) is 18.5 Å². The number of nitrogens with one attached hydrogen (secondary N) is 2. The van der Waals surface area contributed by atoms with Gasteiger partial charge < -0.3 is 15.4 Å². The van der Waals surface area contributed by atoms with Crippen molar-refractivity contribution in [1.29, 1.82) is 0 Å². The third kappa shape index (κ3) is 4.92. The molecular weight excluding hydrogens is 271 g/mol. The Morgan fingerprint density at radius 2 is 2.10 bits per heavy atom. The van der Waals surface area contributed by atoms with Crippen molar-refractivity contribution in [3.63, 3.8) is 0 Å². The summed E-state index contributed by atoms with van der Waals surface area (Å²) in [5.74, 6) is 0.543. The minimum atomic E-state index is -0.383. The van der Waals surface area contributed by atoms with Crippen molar-refractivity contribution >= 4 is 11.7 Å². The van der Waals surface area contributed by atoms with Gasteiger partial charge in [-0.05, 0) is 37.8 Å². The van der Waals surface area contributed by atoms with Crippen LogP contribution in [0.2, 0.25) is 0 Å². The number of rotatable bonds is 5. The predicted molar refractivity (Wildman–Crippen MR) is 81.2 cm³/mol. The first-order valence-corrected chi connectivity index (χ1v) is 7.66. The molecule has 21 heavy (non-hydrogen) atoms. The van der Waals surface area contributed by atoms with Gasteiger partial charge in [0.1, 0.15) is 11.6 Å². The smallest absolute Gasteiger partial charge is 0.319 e. The fourth-order valence-electron chi connectivity index (χ4n) is 2.67. The van der Waals surface area contributed by atoms with E-state index in [0.717, 1.165) is 0 Å². The van der Waals surface area contributed by atoms with E-state index in [2.05, 4.69) is 10.6 Å². The number of carbonyl (C=O) groups excluding carboxylic acids is 1. The van der Waals surface area contributed by atoms with E-state index < -0.39 is 0 Å². The lowest BCUT2D eigenvalue weighted by molar-refractivity contribution is 0.247. The number of benzene rings is 1. The molecule has 1 aromatic carbocycles. The van der Waals surface area contributed by atoms with Crippen LogP contribution in [0.25, 0.3) is 0 Å². The zero-order chi connectivity index (χ0) is 15.1. The molecule has 1 aliphatic carbocycles. The van der Waals surface area contributed by atoms with Crippen LogP contribution in [0, 0.1) is 11.7 Å². The Kier molecular flexibility index (Phi) is 5.84. The Labute approximate surface area is 125 Å². The Morgan fingerprint density at radius 3 is 2.81 bits per heavy atom. The van der Waals surface area contributed by atoms with Crippen molar-refractivity contribution in [2.45, 2.75) is 39.0 Å². The van der Waals surface area contributed by atoms with E-state index in [1.165, 1.54) is 50.3 Å². The van der Waals surface area contributed by atoms with Crippen LogP contribution in [-0.2, 0) is 0 Å². The van der Waals surface area contributed by atoms with Crippen molar-refractivity contribution in [3.8, 4) is 5.75 Å². The van der Waals surface area contributed by atoms with Crippen LogP contribution < -0.4 is 15.4 Å². The molecule has 0 unspecified atom stereocenters. The second kappa shape index (κ2) is 7.86. The van der Waals surface area contributed by atoms with Crippen LogP contribution in [0.4, 0.5) is 14.9 Å². The summed E-state index contributed by atoms with van der Waals surface area (Å²) in [5, 5.41) is 5.61. The highest BCUT2D eigenvalue weighted by Gasteiger charge is 2.15. The van der Waals surface area contributed by atoms with Crippen molar-refractivity contribution in [3.05, 3.63) is 24.0 Å². The lowest BCUT2D eigenvalue weighted by Gasteiger charge is -2.22. The first-order valence-electron chi connectivity index (χ1n) is 7.66. The van der Waals surface area contributed by atoms with Crippen molar-refractivity contribution in [2.24, 2.45) is 5.92 Å². The number of hydrogen-bond acceptors (Lipinski definition) is 2. The molecule has 4 nitrogen and oxygen atoms in total. The minimum Gasteiger partial charge on any atom is -0.492 e. The Balaban J connectivity index is 1.86. The van der Waals surface area contributed by atoms with Gasteiger partial charge in [0.05, 0.1) is 12.3 Å². The molecule has 0 atom stereocenters. The summed E-state index contributed by atoms with van der Waals surface area (Å²) in [4.78, 5) is 11.9. The average Bonchev–Trinajstić information content (AvgIpc) is 2.49. The fourth-order valence-corrected chi connectivity index (χ4v) is 2.67. The van der Waals surface area contributed by atoms with Crippen LogP contribution in [-0.4, -0.2) is 19.2 Å². The highest BCUT2D eigenvalue weighted by Crippen LogP contribution is 2.26. The van der Waals surface area contributed by atoms with Crippen LogP contribution >= 0.6 is 0 Å². The molecular formula is C16H23FN2O2. The Morgan fingerprint density at radius 1 is 1.33 bits per heavy atom. The third-order valence-electron chi connectivity index (χ3n) is 3.77. The molecule has 1 saturated carbocycles. The van der Waals surface area contributed by atoms with E-state index in [1.54, 1.807) is 0 Å². The maximum atomic E-state index is 13.2. The minimum absolute atomic E-state index is 0.270. The van der Waals surface area contributed by atoms with E-state index >= 15 is 0 Å². The molecule has 1 aliphatic rings. The van der Waals surface area contributed by atoms with Gasteiger partial charge in [-0.2, -0.15) is 0 Å². The van der Waals surface area contributed by atoms with Gasteiger partial charge in [0.25, 0.3) is 0 Å². The third-order valence-corrected chi connectivity index (χ3v) is 3.77. The summed E-state index contributed by atoms with van der Waals surface area (Å²) in [7, 11) is 0. The molecule has 0 bridgehead atoms. The number of carbonyl (C=O) groups is 1. The number of ether oxygens (including phenoxy) is 1. The van der Waals surface area contributed by atoms with Crippen LogP contribution in [0.5, 0.6) is 5.75 Å². The molecule has 0 radical (unpaired) electrons. The van der Waals surface area contributed by atoms with Gasteiger partial charge in [0, 0.05) is 12.6 Å². The number of hydrogen-bond donors (Lipinski definition) is 2. The molecule has 2 rings (SSSR count). The summed E-state index contributed by atoms with van der Waals surface area (Å²) < 4.78 is 18.5. The Bertz CT molecular complexity index is 473. The number of urea groups is 1. The number of halogens is 1. The summed E-state index contributed by atoms with van der Waals surface area (Å²) >= 11 is 0. The SMILES string of the molecule is CCOc1cc(F)ccc1NC(=O)NCC1CCCCC1. The van der Waals surface area contributed by atoms with Gasteiger partial charge in [-0.15, -0.1) is 0 Å². The fraction of sp³-hybridized carbons (Fsp3) is 0.562. The zero-order valence-corrected chi connectivity index (χ0v) is 12.5. The number of anilines is 1. The molecule has 116 valence electrons. The van der Waals surface area contributed by atoms with Gasteiger partial charge in [0.15, 0.2) is 0 Å². The first kappa shape index (κ1) is 15.6. The molecule has 2 N–H and O–H groups in total. The molecule has 0 heterocycles. The quantitative estimate of drug-likeness (QED) is 0.864. The maximum absolute atomic E-state index is 13.2. The predicted octanol–water partition coefficient (Wildman–Crippen LogP) is 3.93. The van der Waals surface area contributed by atoms with Crippen LogP contribution in [0.1, 0.15) is 39.0 Å². The molecule has 0 spiro atoms. The number of amides is 2. The summed E-state index contributed by atoms with van der Waals surface area (Å²) in [6.07, 6.45) is 6.17. The molecule has 0 aromatic heterocycles. The molecule has 5 heteroatoms. The van der Waals surface area contributed by atoms with E-state index in [0.29, 0.717) is 30.5 Å². The van der Waals surface area contributed by atoms with E-state index in [-0.39, 0.29) is 11.8 Å². The first-order chi connectivity index (χ1) is 10.2. The van der Waals surface area contributed by atoms with Gasteiger partial charge in [-0.1, -0.05) is 19.3 Å². The largest absolute Gasteiger partial charge is 0.492 e. The molecule has 0 saturated heterocycles. The van der Waals surface area contributed by atoms with Crippen LogP contribution in [0.3, 0.4) is 0 Å². The van der Waals surface area contributed by atoms with Crippen molar-refractivity contribution in [1.82, 2.24) is 5.32 Å².